The Morgan fingerprint density at radius 1 is 1.19 bits per heavy atom. The summed E-state index contributed by atoms with van der Waals surface area (Å²) in [4.78, 5) is 8.11. The van der Waals surface area contributed by atoms with Crippen molar-refractivity contribution in [2.75, 3.05) is 26.3 Å². The van der Waals surface area contributed by atoms with Gasteiger partial charge in [0.25, 0.3) is 0 Å². The third kappa shape index (κ3) is 3.25. The first kappa shape index (κ1) is 17.5. The molecule has 2 saturated heterocycles. The molecule has 0 radical (unpaired) electrons. The van der Waals surface area contributed by atoms with Crippen LogP contribution in [0.5, 0.6) is 0 Å². The summed E-state index contributed by atoms with van der Waals surface area (Å²) >= 11 is 0. The number of hydrogen-bond donors (Lipinski definition) is 0. The summed E-state index contributed by atoms with van der Waals surface area (Å²) in [5.74, 6) is 0.199. The Kier molecular flexibility index (Phi) is 4.74. The molecule has 2 fully saturated rings. The van der Waals surface area contributed by atoms with Gasteiger partial charge in [0.1, 0.15) is 10.5 Å². The molecular weight excluding hydrogens is 354 g/mol. The molecule has 1 spiro atoms. The largest absolute Gasteiger partial charge is 0.376 e. The highest BCUT2D eigenvalue weighted by Crippen LogP contribution is 2.42. The van der Waals surface area contributed by atoms with Gasteiger partial charge in [-0.05, 0) is 36.2 Å². The number of nitrogens with zero attached hydrogens (tertiary/aromatic N) is 3. The molecule has 7 nitrogen and oxygen atoms in total. The van der Waals surface area contributed by atoms with E-state index >= 15 is 0 Å². The molecule has 26 heavy (non-hydrogen) atoms. The standard InChI is InChI=1S/C18H21N3O4S/c22-26(23,17-2-1-6-20-10-17)21-13-18(14-21)16(5-9-25-18)12-24-11-15-3-7-19-8-4-15/h1-4,6-8,10,16H,5,9,11-14H2. The van der Waals surface area contributed by atoms with E-state index in [1.807, 2.05) is 12.1 Å². The molecule has 0 saturated carbocycles. The maximum absolute atomic E-state index is 12.7. The molecule has 138 valence electrons. The van der Waals surface area contributed by atoms with Crippen LogP contribution in [0.3, 0.4) is 0 Å². The second kappa shape index (κ2) is 7.03. The first-order chi connectivity index (χ1) is 12.6. The van der Waals surface area contributed by atoms with E-state index in [0.29, 0.717) is 32.9 Å². The minimum absolute atomic E-state index is 0.199. The molecule has 2 aliphatic rings. The molecule has 8 heteroatoms. The quantitative estimate of drug-likeness (QED) is 0.761. The molecule has 0 bridgehead atoms. The van der Waals surface area contributed by atoms with Crippen LogP contribution in [0, 0.1) is 5.92 Å². The van der Waals surface area contributed by atoms with Gasteiger partial charge in [-0.3, -0.25) is 9.97 Å². The third-order valence-electron chi connectivity index (χ3n) is 5.10. The molecular formula is C18H21N3O4S. The van der Waals surface area contributed by atoms with Crippen LogP contribution in [0.4, 0.5) is 0 Å². The first-order valence-corrected chi connectivity index (χ1v) is 10.0. The van der Waals surface area contributed by atoms with Gasteiger partial charge in [-0.2, -0.15) is 4.31 Å². The van der Waals surface area contributed by atoms with Gasteiger partial charge >= 0.3 is 0 Å². The van der Waals surface area contributed by atoms with E-state index in [4.69, 9.17) is 9.47 Å². The Morgan fingerprint density at radius 3 is 2.73 bits per heavy atom. The van der Waals surface area contributed by atoms with Gasteiger partial charge in [0.15, 0.2) is 0 Å². The summed E-state index contributed by atoms with van der Waals surface area (Å²) in [6.45, 7) is 2.46. The maximum Gasteiger partial charge on any atom is 0.244 e. The zero-order valence-corrected chi connectivity index (χ0v) is 15.1. The normalized spacial score (nSPS) is 22.4. The fourth-order valence-corrected chi connectivity index (χ4v) is 5.06. The fraction of sp³-hybridized carbons (Fsp3) is 0.444. The summed E-state index contributed by atoms with van der Waals surface area (Å²) in [5.41, 5.74) is 0.649. The van der Waals surface area contributed by atoms with Crippen molar-refractivity contribution >= 4 is 10.0 Å². The fourth-order valence-electron chi connectivity index (χ4n) is 3.54. The molecule has 4 rings (SSSR count). The minimum atomic E-state index is -3.51. The van der Waals surface area contributed by atoms with E-state index in [1.165, 1.54) is 10.5 Å². The van der Waals surface area contributed by atoms with Crippen molar-refractivity contribution in [3.63, 3.8) is 0 Å². The van der Waals surface area contributed by atoms with Gasteiger partial charge < -0.3 is 9.47 Å². The van der Waals surface area contributed by atoms with Crippen molar-refractivity contribution in [1.82, 2.24) is 14.3 Å². The summed E-state index contributed by atoms with van der Waals surface area (Å²) in [7, 11) is -3.51. The van der Waals surface area contributed by atoms with Crippen LogP contribution in [0.25, 0.3) is 0 Å². The maximum atomic E-state index is 12.7. The molecule has 2 aromatic rings. The number of sulfonamides is 1. The topological polar surface area (TPSA) is 81.6 Å². The van der Waals surface area contributed by atoms with E-state index in [9.17, 15) is 8.42 Å². The lowest BCUT2D eigenvalue weighted by Crippen LogP contribution is -2.66. The highest BCUT2D eigenvalue weighted by Gasteiger charge is 2.56. The van der Waals surface area contributed by atoms with E-state index in [-0.39, 0.29) is 10.8 Å². The zero-order chi connectivity index (χ0) is 18.0. The summed E-state index contributed by atoms with van der Waals surface area (Å²) in [5, 5.41) is 0. The van der Waals surface area contributed by atoms with Gasteiger partial charge in [0, 0.05) is 50.4 Å². The minimum Gasteiger partial charge on any atom is -0.376 e. The number of rotatable bonds is 6. The average molecular weight is 375 g/mol. The van der Waals surface area contributed by atoms with Crippen LogP contribution in [0.15, 0.2) is 53.9 Å². The molecule has 2 aliphatic heterocycles. The van der Waals surface area contributed by atoms with Crippen molar-refractivity contribution < 1.29 is 17.9 Å². The van der Waals surface area contributed by atoms with Crippen molar-refractivity contribution in [3.8, 4) is 0 Å². The smallest absolute Gasteiger partial charge is 0.244 e. The first-order valence-electron chi connectivity index (χ1n) is 8.61. The lowest BCUT2D eigenvalue weighted by Gasteiger charge is -2.49. The lowest BCUT2D eigenvalue weighted by molar-refractivity contribution is -0.115. The van der Waals surface area contributed by atoms with Crippen molar-refractivity contribution in [2.24, 2.45) is 5.92 Å². The van der Waals surface area contributed by atoms with Crippen LogP contribution in [0.1, 0.15) is 12.0 Å². The second-order valence-corrected chi connectivity index (χ2v) is 8.67. The third-order valence-corrected chi connectivity index (χ3v) is 6.87. The van der Waals surface area contributed by atoms with Crippen LogP contribution in [-0.4, -0.2) is 54.6 Å². The van der Waals surface area contributed by atoms with E-state index < -0.39 is 15.6 Å². The Bertz CT molecular complexity index is 839. The van der Waals surface area contributed by atoms with E-state index in [2.05, 4.69) is 9.97 Å². The van der Waals surface area contributed by atoms with Crippen molar-refractivity contribution in [1.29, 1.82) is 0 Å². The van der Waals surface area contributed by atoms with Gasteiger partial charge in [-0.15, -0.1) is 0 Å². The molecule has 1 unspecified atom stereocenters. The zero-order valence-electron chi connectivity index (χ0n) is 14.3. The van der Waals surface area contributed by atoms with Crippen LogP contribution < -0.4 is 0 Å². The van der Waals surface area contributed by atoms with Crippen molar-refractivity contribution in [2.45, 2.75) is 23.5 Å². The monoisotopic (exact) mass is 375 g/mol. The molecule has 4 heterocycles. The molecule has 0 aliphatic carbocycles. The Balaban J connectivity index is 1.36. The summed E-state index contributed by atoms with van der Waals surface area (Å²) in [6, 6.07) is 7.04. The van der Waals surface area contributed by atoms with Crippen LogP contribution >= 0.6 is 0 Å². The molecule has 1 atom stereocenters. The molecule has 0 aromatic carbocycles. The van der Waals surface area contributed by atoms with Crippen LogP contribution in [0.2, 0.25) is 0 Å². The highest BCUT2D eigenvalue weighted by atomic mass is 32.2. The Labute approximate surface area is 153 Å². The Hall–Kier alpha value is -1.87. The number of hydrogen-bond acceptors (Lipinski definition) is 6. The SMILES string of the molecule is O=S(=O)(c1cccnc1)N1CC2(C1)OCCC2COCc1ccncc1. The second-order valence-electron chi connectivity index (χ2n) is 6.73. The predicted molar refractivity (Wildman–Crippen MR) is 93.7 cm³/mol. The average Bonchev–Trinajstić information content (AvgIpc) is 3.06. The predicted octanol–water partition coefficient (Wildman–Crippen LogP) is 1.47. The van der Waals surface area contributed by atoms with Gasteiger partial charge in [-0.25, -0.2) is 8.42 Å². The Morgan fingerprint density at radius 2 is 2.00 bits per heavy atom. The summed E-state index contributed by atoms with van der Waals surface area (Å²) in [6.07, 6.45) is 7.31. The number of aromatic nitrogens is 2. The van der Waals surface area contributed by atoms with Crippen LogP contribution in [-0.2, 0) is 26.1 Å². The van der Waals surface area contributed by atoms with Gasteiger partial charge in [0.2, 0.25) is 10.0 Å². The molecule has 0 amide bonds. The number of ether oxygens (including phenoxy) is 2. The van der Waals surface area contributed by atoms with E-state index in [0.717, 1.165) is 12.0 Å². The van der Waals surface area contributed by atoms with E-state index in [1.54, 1.807) is 30.7 Å². The van der Waals surface area contributed by atoms with Crippen molar-refractivity contribution in [3.05, 3.63) is 54.6 Å². The van der Waals surface area contributed by atoms with Gasteiger partial charge in [-0.1, -0.05) is 0 Å². The number of pyridine rings is 2. The van der Waals surface area contributed by atoms with Gasteiger partial charge in [0.05, 0.1) is 13.2 Å². The molecule has 2 aromatic heterocycles. The lowest BCUT2D eigenvalue weighted by atomic mass is 9.83. The highest BCUT2D eigenvalue weighted by molar-refractivity contribution is 7.89. The molecule has 0 N–H and O–H groups in total. The summed E-state index contributed by atoms with van der Waals surface area (Å²) < 4.78 is 38.6.